The molecule has 3 nitrogen and oxygen atoms in total. The predicted octanol–water partition coefficient (Wildman–Crippen LogP) is 3.94. The summed E-state index contributed by atoms with van der Waals surface area (Å²) in [5.74, 6) is 1.76. The zero-order chi connectivity index (χ0) is 15.8. The summed E-state index contributed by atoms with van der Waals surface area (Å²) < 4.78 is 5.82. The summed E-state index contributed by atoms with van der Waals surface area (Å²) in [7, 11) is 0. The number of benzene rings is 1. The molecule has 0 spiro atoms. The minimum atomic E-state index is -0.404. The fourth-order valence-corrected chi connectivity index (χ4v) is 3.96. The van der Waals surface area contributed by atoms with Crippen molar-refractivity contribution in [2.75, 3.05) is 12.3 Å². The first-order valence-corrected chi connectivity index (χ1v) is 9.36. The smallest absolute Gasteiger partial charge is 0.261 e. The zero-order valence-corrected chi connectivity index (χ0v) is 14.5. The van der Waals surface area contributed by atoms with Gasteiger partial charge in [0.05, 0.1) is 0 Å². The largest absolute Gasteiger partial charge is 0.481 e. The quantitative estimate of drug-likeness (QED) is 0.737. The first-order valence-electron chi connectivity index (χ1n) is 8.31. The molecule has 0 radical (unpaired) electrons. The maximum Gasteiger partial charge on any atom is 0.261 e. The van der Waals surface area contributed by atoms with Crippen LogP contribution in [-0.4, -0.2) is 29.6 Å². The summed E-state index contributed by atoms with van der Waals surface area (Å²) in [6.45, 7) is 4.73. The molecule has 1 atom stereocenters. The van der Waals surface area contributed by atoms with Crippen LogP contribution < -0.4 is 10.1 Å². The van der Waals surface area contributed by atoms with Gasteiger partial charge in [0.1, 0.15) is 5.75 Å². The van der Waals surface area contributed by atoms with Crippen LogP contribution in [-0.2, 0) is 4.79 Å². The molecule has 0 aliphatic heterocycles. The van der Waals surface area contributed by atoms with Crippen molar-refractivity contribution in [1.82, 2.24) is 5.32 Å². The molecule has 0 aromatic heterocycles. The van der Waals surface area contributed by atoms with E-state index in [0.29, 0.717) is 6.42 Å². The summed E-state index contributed by atoms with van der Waals surface area (Å²) >= 11 is 2.00. The average molecular weight is 321 g/mol. The standard InChI is InChI=1S/C18H27NO2S/c1-3-17(21-15-8-6-7-14(2)13-15)18(20)19-11-12-22-16-9-4-5-10-16/h6-8,13,16-17H,3-5,9-12H2,1-2H3,(H,19,20)/t17-/m1/s1. The number of rotatable bonds is 8. The molecule has 1 fully saturated rings. The van der Waals surface area contributed by atoms with Gasteiger partial charge in [0.15, 0.2) is 6.10 Å². The summed E-state index contributed by atoms with van der Waals surface area (Å²) in [6.07, 6.45) is 5.69. The van der Waals surface area contributed by atoms with Crippen molar-refractivity contribution in [1.29, 1.82) is 0 Å². The Hall–Kier alpha value is -1.16. The molecule has 1 saturated carbocycles. The van der Waals surface area contributed by atoms with Crippen molar-refractivity contribution >= 4 is 17.7 Å². The molecule has 2 rings (SSSR count). The van der Waals surface area contributed by atoms with E-state index in [1.165, 1.54) is 25.7 Å². The minimum Gasteiger partial charge on any atom is -0.481 e. The molecule has 122 valence electrons. The highest BCUT2D eigenvalue weighted by Crippen LogP contribution is 2.28. The van der Waals surface area contributed by atoms with Crippen molar-refractivity contribution in [3.63, 3.8) is 0 Å². The molecule has 1 N–H and O–H groups in total. The molecule has 0 unspecified atom stereocenters. The Morgan fingerprint density at radius 2 is 2.18 bits per heavy atom. The molecule has 1 aliphatic carbocycles. The number of aryl methyl sites for hydroxylation is 1. The summed E-state index contributed by atoms with van der Waals surface area (Å²) in [5.41, 5.74) is 1.14. The van der Waals surface area contributed by atoms with Crippen LogP contribution in [0.15, 0.2) is 24.3 Å². The molecule has 22 heavy (non-hydrogen) atoms. The maximum absolute atomic E-state index is 12.2. The van der Waals surface area contributed by atoms with Gasteiger partial charge in [0.2, 0.25) is 0 Å². The summed E-state index contributed by atoms with van der Waals surface area (Å²) in [6, 6.07) is 7.84. The van der Waals surface area contributed by atoms with Crippen LogP contribution in [0.25, 0.3) is 0 Å². The first-order chi connectivity index (χ1) is 10.7. The number of thioether (sulfide) groups is 1. The van der Waals surface area contributed by atoms with Crippen LogP contribution in [0.2, 0.25) is 0 Å². The van der Waals surface area contributed by atoms with Gasteiger partial charge in [-0.3, -0.25) is 4.79 Å². The van der Waals surface area contributed by atoms with E-state index in [2.05, 4.69) is 5.32 Å². The van der Waals surface area contributed by atoms with Gasteiger partial charge in [-0.05, 0) is 43.9 Å². The van der Waals surface area contributed by atoms with Crippen molar-refractivity contribution in [2.45, 2.75) is 57.3 Å². The number of amides is 1. The Morgan fingerprint density at radius 3 is 2.86 bits per heavy atom. The Bertz CT molecular complexity index is 472. The van der Waals surface area contributed by atoms with Gasteiger partial charge < -0.3 is 10.1 Å². The molecular weight excluding hydrogens is 294 g/mol. The summed E-state index contributed by atoms with van der Waals surface area (Å²) in [4.78, 5) is 12.2. The van der Waals surface area contributed by atoms with Crippen LogP contribution in [0.4, 0.5) is 0 Å². The van der Waals surface area contributed by atoms with Crippen molar-refractivity contribution in [2.24, 2.45) is 0 Å². The molecule has 0 saturated heterocycles. The number of ether oxygens (including phenoxy) is 1. The molecule has 1 aliphatic rings. The van der Waals surface area contributed by atoms with E-state index >= 15 is 0 Å². The third kappa shape index (κ3) is 5.56. The van der Waals surface area contributed by atoms with E-state index in [-0.39, 0.29) is 5.91 Å². The van der Waals surface area contributed by atoms with Crippen LogP contribution in [0.5, 0.6) is 5.75 Å². The molecule has 1 amide bonds. The van der Waals surface area contributed by atoms with Gasteiger partial charge in [-0.1, -0.05) is 31.9 Å². The molecule has 0 bridgehead atoms. The minimum absolute atomic E-state index is 0.00368. The molecule has 0 heterocycles. The average Bonchev–Trinajstić information content (AvgIpc) is 3.02. The summed E-state index contributed by atoms with van der Waals surface area (Å²) in [5, 5.41) is 3.82. The molecular formula is C18H27NO2S. The van der Waals surface area contributed by atoms with E-state index in [9.17, 15) is 4.79 Å². The van der Waals surface area contributed by atoms with E-state index in [4.69, 9.17) is 4.74 Å². The number of hydrogen-bond donors (Lipinski definition) is 1. The third-order valence-corrected chi connectivity index (χ3v) is 5.37. The van der Waals surface area contributed by atoms with Crippen molar-refractivity contribution in [3.8, 4) is 5.75 Å². The first kappa shape index (κ1) is 17.2. The monoisotopic (exact) mass is 321 g/mol. The second-order valence-corrected chi connectivity index (χ2v) is 7.31. The predicted molar refractivity (Wildman–Crippen MR) is 93.6 cm³/mol. The van der Waals surface area contributed by atoms with Crippen LogP contribution in [0, 0.1) is 6.92 Å². The van der Waals surface area contributed by atoms with Crippen LogP contribution >= 0.6 is 11.8 Å². The van der Waals surface area contributed by atoms with Gasteiger partial charge >= 0.3 is 0 Å². The van der Waals surface area contributed by atoms with E-state index < -0.39 is 6.10 Å². The fraction of sp³-hybridized carbons (Fsp3) is 0.611. The number of carbonyl (C=O) groups excluding carboxylic acids is 1. The highest BCUT2D eigenvalue weighted by molar-refractivity contribution is 7.99. The van der Waals surface area contributed by atoms with E-state index in [1.807, 2.05) is 49.9 Å². The Labute approximate surface area is 138 Å². The second kappa shape index (κ2) is 9.09. The van der Waals surface area contributed by atoms with Crippen molar-refractivity contribution in [3.05, 3.63) is 29.8 Å². The highest BCUT2D eigenvalue weighted by atomic mass is 32.2. The number of nitrogens with one attached hydrogen (secondary N) is 1. The Kier molecular flexibility index (Phi) is 7.10. The van der Waals surface area contributed by atoms with Crippen LogP contribution in [0.1, 0.15) is 44.6 Å². The SMILES string of the molecule is CC[C@@H](Oc1cccc(C)c1)C(=O)NCCSC1CCCC1. The Morgan fingerprint density at radius 1 is 1.41 bits per heavy atom. The van der Waals surface area contributed by atoms with Crippen molar-refractivity contribution < 1.29 is 9.53 Å². The lowest BCUT2D eigenvalue weighted by atomic mass is 10.2. The highest BCUT2D eigenvalue weighted by Gasteiger charge is 2.19. The zero-order valence-electron chi connectivity index (χ0n) is 13.6. The topological polar surface area (TPSA) is 38.3 Å². The normalized spacial score (nSPS) is 16.5. The lowest BCUT2D eigenvalue weighted by molar-refractivity contribution is -0.127. The van der Waals surface area contributed by atoms with E-state index in [0.717, 1.165) is 28.9 Å². The van der Waals surface area contributed by atoms with Gasteiger partial charge in [-0.25, -0.2) is 0 Å². The second-order valence-electron chi connectivity index (χ2n) is 5.90. The molecule has 1 aromatic carbocycles. The maximum atomic E-state index is 12.2. The molecule has 1 aromatic rings. The van der Waals surface area contributed by atoms with Gasteiger partial charge in [-0.2, -0.15) is 11.8 Å². The lowest BCUT2D eigenvalue weighted by Crippen LogP contribution is -2.39. The van der Waals surface area contributed by atoms with Crippen LogP contribution in [0.3, 0.4) is 0 Å². The van der Waals surface area contributed by atoms with Gasteiger partial charge in [0, 0.05) is 17.5 Å². The third-order valence-electron chi connectivity index (χ3n) is 3.99. The number of hydrogen-bond acceptors (Lipinski definition) is 3. The van der Waals surface area contributed by atoms with E-state index in [1.54, 1.807) is 0 Å². The Balaban J connectivity index is 1.71. The molecule has 4 heteroatoms. The van der Waals surface area contributed by atoms with Gasteiger partial charge in [-0.15, -0.1) is 0 Å². The lowest BCUT2D eigenvalue weighted by Gasteiger charge is -2.18. The number of carbonyl (C=O) groups is 1. The fourth-order valence-electron chi connectivity index (χ4n) is 2.74. The van der Waals surface area contributed by atoms with Gasteiger partial charge in [0.25, 0.3) is 5.91 Å².